The Morgan fingerprint density at radius 1 is 1.32 bits per heavy atom. The minimum atomic E-state index is -3.50. The van der Waals surface area contributed by atoms with Crippen LogP contribution in [-0.2, 0) is 23.0 Å². The number of nitrogens with two attached hydrogens (primary N) is 1. The van der Waals surface area contributed by atoms with Crippen molar-refractivity contribution in [2.45, 2.75) is 18.0 Å². The monoisotopic (exact) mass is 278 g/mol. The first-order valence-electron chi connectivity index (χ1n) is 5.95. The quantitative estimate of drug-likeness (QED) is 0.792. The van der Waals surface area contributed by atoms with E-state index in [-0.39, 0.29) is 5.03 Å². The number of hydrogen-bond donors (Lipinski definition) is 2. The number of benzene rings is 1. The Morgan fingerprint density at radius 3 is 2.89 bits per heavy atom. The number of nitrogen functional groups attached to an aromatic ring is 1. The van der Waals surface area contributed by atoms with Crippen LogP contribution >= 0.6 is 0 Å². The smallest absolute Gasteiger partial charge is 0.260 e. The van der Waals surface area contributed by atoms with Crippen molar-refractivity contribution in [3.63, 3.8) is 0 Å². The maximum absolute atomic E-state index is 12.4. The van der Waals surface area contributed by atoms with Crippen LogP contribution < -0.4 is 5.73 Å². The van der Waals surface area contributed by atoms with Gasteiger partial charge in [0.1, 0.15) is 0 Å². The molecule has 0 unspecified atom stereocenters. The van der Waals surface area contributed by atoms with Gasteiger partial charge in [0.15, 0.2) is 5.03 Å². The van der Waals surface area contributed by atoms with Crippen LogP contribution in [0.15, 0.2) is 35.5 Å². The third-order valence-corrected chi connectivity index (χ3v) is 5.13. The summed E-state index contributed by atoms with van der Waals surface area (Å²) >= 11 is 0. The van der Waals surface area contributed by atoms with E-state index >= 15 is 0 Å². The summed E-state index contributed by atoms with van der Waals surface area (Å²) in [5.41, 5.74) is 8.66. The fourth-order valence-electron chi connectivity index (χ4n) is 2.34. The molecule has 1 aliphatic rings. The highest BCUT2D eigenvalue weighted by molar-refractivity contribution is 7.89. The molecule has 0 aliphatic carbocycles. The fourth-order valence-corrected chi connectivity index (χ4v) is 3.66. The van der Waals surface area contributed by atoms with Gasteiger partial charge >= 0.3 is 0 Å². The topological polar surface area (TPSA) is 92.1 Å². The van der Waals surface area contributed by atoms with E-state index in [0.29, 0.717) is 19.5 Å². The molecule has 0 radical (unpaired) electrons. The van der Waals surface area contributed by atoms with Gasteiger partial charge in [0, 0.05) is 18.8 Å². The maximum atomic E-state index is 12.4. The Bertz CT molecular complexity index is 695. The molecule has 19 heavy (non-hydrogen) atoms. The van der Waals surface area contributed by atoms with Gasteiger partial charge < -0.3 is 5.73 Å². The second-order valence-electron chi connectivity index (χ2n) is 4.49. The first kappa shape index (κ1) is 12.2. The highest BCUT2D eigenvalue weighted by Crippen LogP contribution is 2.27. The van der Waals surface area contributed by atoms with Crippen molar-refractivity contribution in [3.05, 3.63) is 41.6 Å². The van der Waals surface area contributed by atoms with Crippen LogP contribution in [0.4, 0.5) is 5.69 Å². The lowest BCUT2D eigenvalue weighted by molar-refractivity contribution is 0.390. The first-order valence-corrected chi connectivity index (χ1v) is 7.39. The summed E-state index contributed by atoms with van der Waals surface area (Å²) in [6.07, 6.45) is 2.07. The summed E-state index contributed by atoms with van der Waals surface area (Å²) < 4.78 is 26.2. The molecule has 0 atom stereocenters. The van der Waals surface area contributed by atoms with E-state index in [4.69, 9.17) is 5.73 Å². The number of nitrogens with one attached hydrogen (secondary N) is 1. The van der Waals surface area contributed by atoms with Gasteiger partial charge in [-0.2, -0.15) is 9.40 Å². The van der Waals surface area contributed by atoms with Crippen molar-refractivity contribution in [2.75, 3.05) is 12.3 Å². The lowest BCUT2D eigenvalue weighted by atomic mass is 9.99. The van der Waals surface area contributed by atoms with Gasteiger partial charge in [-0.25, -0.2) is 8.42 Å². The van der Waals surface area contributed by atoms with E-state index in [1.807, 2.05) is 18.2 Å². The molecule has 0 bridgehead atoms. The van der Waals surface area contributed by atoms with Crippen molar-refractivity contribution in [3.8, 4) is 0 Å². The van der Waals surface area contributed by atoms with Gasteiger partial charge in [-0.3, -0.25) is 5.10 Å². The molecular formula is C12H14N4O2S. The molecule has 0 fully saturated rings. The summed E-state index contributed by atoms with van der Waals surface area (Å²) in [6.45, 7) is 0.782. The number of nitrogens with zero attached hydrogens (tertiary/aromatic N) is 2. The summed E-state index contributed by atoms with van der Waals surface area (Å²) in [4.78, 5) is 0. The number of fused-ring (bicyclic) bond motifs is 1. The zero-order valence-electron chi connectivity index (χ0n) is 10.2. The number of aromatic amines is 1. The van der Waals surface area contributed by atoms with E-state index in [0.717, 1.165) is 16.8 Å². The van der Waals surface area contributed by atoms with E-state index in [9.17, 15) is 8.42 Å². The highest BCUT2D eigenvalue weighted by atomic mass is 32.2. The average Bonchev–Trinajstić information content (AvgIpc) is 2.93. The van der Waals surface area contributed by atoms with Crippen LogP contribution in [0.5, 0.6) is 0 Å². The normalized spacial score (nSPS) is 16.2. The molecule has 7 heteroatoms. The van der Waals surface area contributed by atoms with Gasteiger partial charge in [-0.05, 0) is 29.7 Å². The number of anilines is 1. The molecule has 100 valence electrons. The minimum absolute atomic E-state index is 0.125. The van der Waals surface area contributed by atoms with Gasteiger partial charge in [0.2, 0.25) is 0 Å². The Kier molecular flexibility index (Phi) is 2.79. The average molecular weight is 278 g/mol. The van der Waals surface area contributed by atoms with Crippen molar-refractivity contribution < 1.29 is 8.42 Å². The molecule has 1 aromatic heterocycles. The van der Waals surface area contributed by atoms with Gasteiger partial charge in [0.25, 0.3) is 10.0 Å². The van der Waals surface area contributed by atoms with E-state index in [1.54, 1.807) is 0 Å². The zero-order valence-corrected chi connectivity index (χ0v) is 11.0. The summed E-state index contributed by atoms with van der Waals surface area (Å²) in [5.74, 6) is 0. The maximum Gasteiger partial charge on any atom is 0.260 e. The molecule has 1 aliphatic heterocycles. The zero-order chi connectivity index (χ0) is 13.5. The number of H-pyrrole nitrogens is 1. The van der Waals surface area contributed by atoms with Crippen LogP contribution in [0.3, 0.4) is 0 Å². The predicted molar refractivity (Wildman–Crippen MR) is 70.7 cm³/mol. The minimum Gasteiger partial charge on any atom is -0.398 e. The molecule has 3 rings (SSSR count). The first-order chi connectivity index (χ1) is 9.09. The Hall–Kier alpha value is -1.86. The molecule has 2 aromatic rings. The van der Waals surface area contributed by atoms with Crippen LogP contribution in [0, 0.1) is 0 Å². The van der Waals surface area contributed by atoms with Crippen LogP contribution in [0.1, 0.15) is 11.1 Å². The van der Waals surface area contributed by atoms with Crippen molar-refractivity contribution in [2.24, 2.45) is 0 Å². The summed E-state index contributed by atoms with van der Waals surface area (Å²) in [5, 5.41) is 6.32. The van der Waals surface area contributed by atoms with Gasteiger partial charge in [-0.15, -0.1) is 0 Å². The molecular weight excluding hydrogens is 264 g/mol. The molecule has 6 nitrogen and oxygen atoms in total. The molecule has 1 aromatic carbocycles. The largest absolute Gasteiger partial charge is 0.398 e. The Balaban J connectivity index is 1.95. The lowest BCUT2D eigenvalue weighted by Gasteiger charge is -2.28. The molecule has 3 N–H and O–H groups in total. The summed E-state index contributed by atoms with van der Waals surface area (Å²) in [6, 6.07) is 7.07. The van der Waals surface area contributed by atoms with E-state index in [1.165, 1.54) is 16.6 Å². The standard InChI is InChI=1S/C12H14N4O2S/c13-11-3-1-2-9-8-16(7-5-10(9)11)19(17,18)12-4-6-14-15-12/h1-4,6H,5,7-8,13H2,(H,14,15). The van der Waals surface area contributed by atoms with Gasteiger partial charge in [0.05, 0.1) is 6.20 Å². The second kappa shape index (κ2) is 4.36. The fraction of sp³-hybridized carbons (Fsp3) is 0.250. The third-order valence-electron chi connectivity index (χ3n) is 3.36. The number of hydrogen-bond acceptors (Lipinski definition) is 4. The second-order valence-corrected chi connectivity index (χ2v) is 6.40. The van der Waals surface area contributed by atoms with Crippen LogP contribution in [-0.4, -0.2) is 29.5 Å². The summed E-state index contributed by atoms with van der Waals surface area (Å²) in [7, 11) is -3.50. The van der Waals surface area contributed by atoms with Crippen molar-refractivity contribution in [1.82, 2.24) is 14.5 Å². The molecule has 0 saturated heterocycles. The molecule has 0 spiro atoms. The van der Waals surface area contributed by atoms with Crippen molar-refractivity contribution >= 4 is 15.7 Å². The predicted octanol–water partition coefficient (Wildman–Crippen LogP) is 0.739. The lowest BCUT2D eigenvalue weighted by Crippen LogP contribution is -2.36. The van der Waals surface area contributed by atoms with E-state index < -0.39 is 10.0 Å². The third kappa shape index (κ3) is 2.00. The number of sulfonamides is 1. The van der Waals surface area contributed by atoms with Crippen molar-refractivity contribution in [1.29, 1.82) is 0 Å². The van der Waals surface area contributed by atoms with Gasteiger partial charge in [-0.1, -0.05) is 12.1 Å². The molecule has 0 amide bonds. The van der Waals surface area contributed by atoms with E-state index in [2.05, 4.69) is 10.2 Å². The van der Waals surface area contributed by atoms with Crippen LogP contribution in [0.25, 0.3) is 0 Å². The molecule has 0 saturated carbocycles. The Morgan fingerprint density at radius 2 is 2.16 bits per heavy atom. The Labute approximate surface area is 111 Å². The SMILES string of the molecule is Nc1cccc2c1CCN(S(=O)(=O)c1ccn[nH]1)C2. The highest BCUT2D eigenvalue weighted by Gasteiger charge is 2.29. The number of rotatable bonds is 2. The molecule has 2 heterocycles. The number of aromatic nitrogens is 2. The van der Waals surface area contributed by atoms with Crippen LogP contribution in [0.2, 0.25) is 0 Å².